The van der Waals surface area contributed by atoms with Crippen LogP contribution >= 0.6 is 11.6 Å². The molecule has 1 heterocycles. The molecule has 6 heteroatoms. The van der Waals surface area contributed by atoms with Gasteiger partial charge in [0, 0.05) is 6.54 Å². The van der Waals surface area contributed by atoms with E-state index in [2.05, 4.69) is 20.8 Å². The number of hydrogen-bond acceptors (Lipinski definition) is 4. The molecule has 1 aromatic carbocycles. The monoisotopic (exact) mass is 291 g/mol. The van der Waals surface area contributed by atoms with Gasteiger partial charge in [-0.05, 0) is 47.4 Å². The normalized spacial score (nSPS) is 16.2. The van der Waals surface area contributed by atoms with E-state index >= 15 is 0 Å². The fourth-order valence-electron chi connectivity index (χ4n) is 2.72. The second kappa shape index (κ2) is 6.22. The van der Waals surface area contributed by atoms with Crippen LogP contribution in [-0.4, -0.2) is 26.8 Å². The molecule has 0 aliphatic heterocycles. The minimum atomic E-state index is 0.734. The van der Waals surface area contributed by atoms with Crippen LogP contribution in [0.1, 0.15) is 32.1 Å². The molecule has 5 nitrogen and oxygen atoms in total. The molecule has 0 atom stereocenters. The van der Waals surface area contributed by atoms with E-state index < -0.39 is 0 Å². The molecule has 1 aliphatic rings. The lowest BCUT2D eigenvalue weighted by atomic mass is 9.89. The molecule has 3 rings (SSSR count). The van der Waals surface area contributed by atoms with E-state index in [0.29, 0.717) is 0 Å². The second-order valence-electron chi connectivity index (χ2n) is 5.30. The fraction of sp³-hybridized carbons (Fsp3) is 0.500. The number of hydrogen-bond donors (Lipinski definition) is 1. The highest BCUT2D eigenvalue weighted by Gasteiger charge is 2.13. The van der Waals surface area contributed by atoms with E-state index in [1.807, 2.05) is 18.2 Å². The molecule has 0 radical (unpaired) electrons. The molecular weight excluding hydrogens is 274 g/mol. The molecule has 0 amide bonds. The Morgan fingerprint density at radius 1 is 1.25 bits per heavy atom. The number of tetrazole rings is 1. The van der Waals surface area contributed by atoms with Crippen molar-refractivity contribution in [3.05, 3.63) is 29.5 Å². The summed E-state index contributed by atoms with van der Waals surface area (Å²) in [5.74, 6) is 0.761. The Morgan fingerprint density at radius 2 is 2.10 bits per heavy atom. The zero-order valence-electron chi connectivity index (χ0n) is 11.3. The predicted molar refractivity (Wildman–Crippen MR) is 79.2 cm³/mol. The Kier molecular flexibility index (Phi) is 4.16. The van der Waals surface area contributed by atoms with Crippen molar-refractivity contribution in [3.8, 4) is 5.69 Å². The molecule has 1 N–H and O–H groups in total. The summed E-state index contributed by atoms with van der Waals surface area (Å²) in [5.41, 5.74) is 1.86. The minimum Gasteiger partial charge on any atom is -0.384 e. The van der Waals surface area contributed by atoms with E-state index in [1.165, 1.54) is 32.1 Å². The Bertz CT molecular complexity index is 549. The smallest absolute Gasteiger partial charge is 0.143 e. The van der Waals surface area contributed by atoms with Crippen LogP contribution in [-0.2, 0) is 0 Å². The Hall–Kier alpha value is -1.62. The number of nitrogens with zero attached hydrogens (tertiary/aromatic N) is 4. The number of rotatable bonds is 4. The average Bonchev–Trinajstić information content (AvgIpc) is 3.02. The van der Waals surface area contributed by atoms with Crippen LogP contribution in [0.4, 0.5) is 5.69 Å². The zero-order valence-corrected chi connectivity index (χ0v) is 12.1. The van der Waals surface area contributed by atoms with Crippen LogP contribution < -0.4 is 5.32 Å². The predicted octanol–water partition coefficient (Wildman–Crippen LogP) is 3.31. The van der Waals surface area contributed by atoms with Gasteiger partial charge >= 0.3 is 0 Å². The first-order valence-corrected chi connectivity index (χ1v) is 7.47. The molecular formula is C14H18ClN5. The van der Waals surface area contributed by atoms with Gasteiger partial charge in [-0.2, -0.15) is 0 Å². The van der Waals surface area contributed by atoms with Gasteiger partial charge in [-0.25, -0.2) is 4.68 Å². The highest BCUT2D eigenvalue weighted by molar-refractivity contribution is 6.33. The van der Waals surface area contributed by atoms with Crippen molar-refractivity contribution in [1.82, 2.24) is 20.2 Å². The van der Waals surface area contributed by atoms with E-state index in [9.17, 15) is 0 Å². The highest BCUT2D eigenvalue weighted by Crippen LogP contribution is 2.27. The summed E-state index contributed by atoms with van der Waals surface area (Å²) in [6, 6.07) is 5.77. The maximum atomic E-state index is 6.25. The van der Waals surface area contributed by atoms with Gasteiger partial charge in [0.1, 0.15) is 6.33 Å². The van der Waals surface area contributed by atoms with Gasteiger partial charge in [0.05, 0.1) is 16.4 Å². The molecule has 1 aliphatic carbocycles. The van der Waals surface area contributed by atoms with Gasteiger partial charge in [0.15, 0.2) is 0 Å². The summed E-state index contributed by atoms with van der Waals surface area (Å²) in [6.07, 6.45) is 8.30. The zero-order chi connectivity index (χ0) is 13.8. The lowest BCUT2D eigenvalue weighted by Gasteiger charge is -2.22. The first-order chi connectivity index (χ1) is 9.83. The molecule has 2 aromatic rings. The van der Waals surface area contributed by atoms with Crippen molar-refractivity contribution in [2.45, 2.75) is 32.1 Å². The molecule has 0 spiro atoms. The van der Waals surface area contributed by atoms with Gasteiger partial charge in [-0.1, -0.05) is 30.9 Å². The third-order valence-electron chi connectivity index (χ3n) is 3.87. The van der Waals surface area contributed by atoms with Gasteiger partial charge in [-0.3, -0.25) is 0 Å². The number of nitrogens with one attached hydrogen (secondary N) is 1. The van der Waals surface area contributed by atoms with Gasteiger partial charge in [-0.15, -0.1) is 5.10 Å². The third kappa shape index (κ3) is 3.10. The average molecular weight is 292 g/mol. The molecule has 1 saturated carbocycles. The summed E-state index contributed by atoms with van der Waals surface area (Å²) >= 11 is 6.25. The standard InChI is InChI=1S/C14H18ClN5/c15-13-7-6-12(20-10-17-18-19-20)8-14(13)16-9-11-4-2-1-3-5-11/h6-8,10-11,16H,1-5,9H2. The molecule has 1 fully saturated rings. The maximum absolute atomic E-state index is 6.25. The van der Waals surface area contributed by atoms with E-state index in [1.54, 1.807) is 11.0 Å². The number of aromatic nitrogens is 4. The SMILES string of the molecule is Clc1ccc(-n2cnnn2)cc1NCC1CCCCC1. The fourth-order valence-corrected chi connectivity index (χ4v) is 2.90. The number of anilines is 1. The van der Waals surface area contributed by atoms with Crippen molar-refractivity contribution in [2.24, 2.45) is 5.92 Å². The van der Waals surface area contributed by atoms with Gasteiger partial charge < -0.3 is 5.32 Å². The molecule has 0 bridgehead atoms. The summed E-state index contributed by atoms with van der Waals surface area (Å²) in [7, 11) is 0. The Balaban J connectivity index is 1.70. The largest absolute Gasteiger partial charge is 0.384 e. The summed E-state index contributed by atoms with van der Waals surface area (Å²) in [4.78, 5) is 0. The van der Waals surface area contributed by atoms with Crippen molar-refractivity contribution in [3.63, 3.8) is 0 Å². The quantitative estimate of drug-likeness (QED) is 0.939. The molecule has 0 unspecified atom stereocenters. The highest BCUT2D eigenvalue weighted by atomic mass is 35.5. The van der Waals surface area contributed by atoms with Crippen LogP contribution in [0.2, 0.25) is 5.02 Å². The lowest BCUT2D eigenvalue weighted by molar-refractivity contribution is 0.373. The molecule has 0 saturated heterocycles. The van der Waals surface area contributed by atoms with Crippen molar-refractivity contribution < 1.29 is 0 Å². The summed E-state index contributed by atoms with van der Waals surface area (Å²) in [6.45, 7) is 0.985. The summed E-state index contributed by atoms with van der Waals surface area (Å²) < 4.78 is 1.63. The van der Waals surface area contributed by atoms with Crippen LogP contribution in [0, 0.1) is 5.92 Å². The number of benzene rings is 1. The Morgan fingerprint density at radius 3 is 2.85 bits per heavy atom. The second-order valence-corrected chi connectivity index (χ2v) is 5.71. The van der Waals surface area contributed by atoms with Crippen LogP contribution in [0.25, 0.3) is 5.69 Å². The number of halogens is 1. The van der Waals surface area contributed by atoms with Gasteiger partial charge in [0.2, 0.25) is 0 Å². The summed E-state index contributed by atoms with van der Waals surface area (Å²) in [5, 5.41) is 15.4. The third-order valence-corrected chi connectivity index (χ3v) is 4.20. The molecule has 20 heavy (non-hydrogen) atoms. The van der Waals surface area contributed by atoms with E-state index in [0.717, 1.165) is 28.9 Å². The minimum absolute atomic E-state index is 0.734. The van der Waals surface area contributed by atoms with Crippen LogP contribution in [0.5, 0.6) is 0 Å². The first-order valence-electron chi connectivity index (χ1n) is 7.10. The van der Waals surface area contributed by atoms with E-state index in [-0.39, 0.29) is 0 Å². The van der Waals surface area contributed by atoms with Crippen molar-refractivity contribution in [1.29, 1.82) is 0 Å². The maximum Gasteiger partial charge on any atom is 0.143 e. The first kappa shape index (κ1) is 13.4. The van der Waals surface area contributed by atoms with Crippen molar-refractivity contribution in [2.75, 3.05) is 11.9 Å². The topological polar surface area (TPSA) is 55.6 Å². The molecule has 106 valence electrons. The van der Waals surface area contributed by atoms with E-state index in [4.69, 9.17) is 11.6 Å². The van der Waals surface area contributed by atoms with Crippen molar-refractivity contribution >= 4 is 17.3 Å². The van der Waals surface area contributed by atoms with Crippen LogP contribution in [0.3, 0.4) is 0 Å². The molecule has 1 aromatic heterocycles. The lowest BCUT2D eigenvalue weighted by Crippen LogP contribution is -2.17. The van der Waals surface area contributed by atoms with Gasteiger partial charge in [0.25, 0.3) is 0 Å². The van der Waals surface area contributed by atoms with Crippen LogP contribution in [0.15, 0.2) is 24.5 Å². The Labute approximate surface area is 123 Å².